The van der Waals surface area contributed by atoms with Crippen LogP contribution in [0.25, 0.3) is 0 Å². The zero-order chi connectivity index (χ0) is 15.4. The Labute approximate surface area is 132 Å². The first-order valence-electron chi connectivity index (χ1n) is 6.58. The molecule has 112 valence electrons. The van der Waals surface area contributed by atoms with Crippen LogP contribution in [0.4, 0.5) is 0 Å². The lowest BCUT2D eigenvalue weighted by atomic mass is 9.99. The molecule has 4 nitrogen and oxygen atoms in total. The summed E-state index contributed by atoms with van der Waals surface area (Å²) in [7, 11) is 1.51. The molecule has 0 spiro atoms. The molecule has 0 heterocycles. The number of ether oxygens (including phenoxy) is 1. The van der Waals surface area contributed by atoms with E-state index in [0.717, 1.165) is 15.6 Å². The van der Waals surface area contributed by atoms with Crippen molar-refractivity contribution in [2.45, 2.75) is 18.9 Å². The maximum absolute atomic E-state index is 9.83. The SMILES string of the molecule is COc1cc(Br)c(CC(N)Cc2ccc(O)cc2)cc1O. The van der Waals surface area contributed by atoms with Crippen LogP contribution in [0.15, 0.2) is 40.9 Å². The second kappa shape index (κ2) is 6.83. The Morgan fingerprint density at radius 2 is 1.81 bits per heavy atom. The van der Waals surface area contributed by atoms with Crippen molar-refractivity contribution >= 4 is 15.9 Å². The molecule has 0 fully saturated rings. The van der Waals surface area contributed by atoms with Crippen molar-refractivity contribution in [2.75, 3.05) is 7.11 Å². The molecular weight excluding hydrogens is 334 g/mol. The van der Waals surface area contributed by atoms with Crippen molar-refractivity contribution < 1.29 is 14.9 Å². The molecule has 0 bridgehead atoms. The molecule has 0 amide bonds. The largest absolute Gasteiger partial charge is 0.508 e. The van der Waals surface area contributed by atoms with Crippen LogP contribution in [-0.2, 0) is 12.8 Å². The number of nitrogens with two attached hydrogens (primary N) is 1. The zero-order valence-electron chi connectivity index (χ0n) is 11.7. The normalized spacial score (nSPS) is 12.1. The molecule has 0 radical (unpaired) electrons. The lowest BCUT2D eigenvalue weighted by Gasteiger charge is -2.14. The maximum atomic E-state index is 9.83. The van der Waals surface area contributed by atoms with Crippen LogP contribution in [0.3, 0.4) is 0 Å². The van der Waals surface area contributed by atoms with Crippen LogP contribution in [0, 0.1) is 0 Å². The number of benzene rings is 2. The van der Waals surface area contributed by atoms with Gasteiger partial charge in [-0.2, -0.15) is 0 Å². The van der Waals surface area contributed by atoms with Crippen molar-refractivity contribution in [3.63, 3.8) is 0 Å². The van der Waals surface area contributed by atoms with Crippen LogP contribution >= 0.6 is 15.9 Å². The fourth-order valence-corrected chi connectivity index (χ4v) is 2.68. The van der Waals surface area contributed by atoms with Gasteiger partial charge in [-0.25, -0.2) is 0 Å². The molecule has 0 saturated heterocycles. The second-order valence-corrected chi connectivity index (χ2v) is 5.80. The highest BCUT2D eigenvalue weighted by Crippen LogP contribution is 2.33. The molecule has 21 heavy (non-hydrogen) atoms. The highest BCUT2D eigenvalue weighted by molar-refractivity contribution is 9.10. The Kier molecular flexibility index (Phi) is 5.09. The molecular formula is C16H18BrNO3. The maximum Gasteiger partial charge on any atom is 0.161 e. The number of hydrogen-bond donors (Lipinski definition) is 3. The third-order valence-electron chi connectivity index (χ3n) is 3.26. The highest BCUT2D eigenvalue weighted by Gasteiger charge is 2.12. The lowest BCUT2D eigenvalue weighted by molar-refractivity contribution is 0.372. The van der Waals surface area contributed by atoms with E-state index in [1.807, 2.05) is 12.1 Å². The first kappa shape index (κ1) is 15.7. The number of hydrogen-bond acceptors (Lipinski definition) is 4. The lowest BCUT2D eigenvalue weighted by Crippen LogP contribution is -2.25. The summed E-state index contributed by atoms with van der Waals surface area (Å²) in [4.78, 5) is 0. The number of rotatable bonds is 5. The van der Waals surface area contributed by atoms with E-state index in [-0.39, 0.29) is 17.5 Å². The van der Waals surface area contributed by atoms with Crippen LogP contribution < -0.4 is 10.5 Å². The topological polar surface area (TPSA) is 75.7 Å². The van der Waals surface area contributed by atoms with Gasteiger partial charge in [0.2, 0.25) is 0 Å². The summed E-state index contributed by atoms with van der Waals surface area (Å²) in [6, 6.07) is 10.3. The molecule has 0 aromatic heterocycles. The Morgan fingerprint density at radius 1 is 1.14 bits per heavy atom. The summed E-state index contributed by atoms with van der Waals surface area (Å²) >= 11 is 3.47. The third kappa shape index (κ3) is 4.12. The Balaban J connectivity index is 2.07. The molecule has 2 aromatic carbocycles. The van der Waals surface area contributed by atoms with Crippen molar-refractivity contribution in [1.29, 1.82) is 0 Å². The van der Waals surface area contributed by atoms with E-state index in [1.165, 1.54) is 7.11 Å². The van der Waals surface area contributed by atoms with Gasteiger partial charge in [-0.1, -0.05) is 28.1 Å². The summed E-state index contributed by atoms with van der Waals surface area (Å²) in [5, 5.41) is 19.1. The van der Waals surface area contributed by atoms with Crippen LogP contribution in [-0.4, -0.2) is 23.4 Å². The minimum atomic E-state index is -0.0846. The molecule has 2 aromatic rings. The minimum absolute atomic E-state index is 0.0846. The summed E-state index contributed by atoms with van der Waals surface area (Å²) in [5.74, 6) is 0.778. The van der Waals surface area contributed by atoms with E-state index in [4.69, 9.17) is 10.5 Å². The van der Waals surface area contributed by atoms with Crippen LogP contribution in [0.1, 0.15) is 11.1 Å². The average Bonchev–Trinajstić information content (AvgIpc) is 2.45. The third-order valence-corrected chi connectivity index (χ3v) is 4.00. The molecule has 0 aliphatic carbocycles. The van der Waals surface area contributed by atoms with Crippen molar-refractivity contribution in [3.8, 4) is 17.2 Å². The molecule has 0 aliphatic heterocycles. The monoisotopic (exact) mass is 351 g/mol. The van der Waals surface area contributed by atoms with Crippen molar-refractivity contribution in [1.82, 2.24) is 0 Å². The molecule has 0 aliphatic rings. The van der Waals surface area contributed by atoms with Crippen molar-refractivity contribution in [3.05, 3.63) is 52.0 Å². The van der Waals surface area contributed by atoms with Gasteiger partial charge >= 0.3 is 0 Å². The summed E-state index contributed by atoms with van der Waals surface area (Å²) in [6.45, 7) is 0. The molecule has 0 saturated carbocycles. The highest BCUT2D eigenvalue weighted by atomic mass is 79.9. The van der Waals surface area contributed by atoms with Gasteiger partial charge in [0.15, 0.2) is 11.5 Å². The summed E-state index contributed by atoms with van der Waals surface area (Å²) in [6.07, 6.45) is 1.32. The fourth-order valence-electron chi connectivity index (χ4n) is 2.20. The van der Waals surface area contributed by atoms with Gasteiger partial charge < -0.3 is 20.7 Å². The van der Waals surface area contributed by atoms with Crippen molar-refractivity contribution in [2.24, 2.45) is 5.73 Å². The van der Waals surface area contributed by atoms with Gasteiger partial charge in [-0.15, -0.1) is 0 Å². The number of aromatic hydroxyl groups is 2. The van der Waals surface area contributed by atoms with E-state index < -0.39 is 0 Å². The van der Waals surface area contributed by atoms with E-state index in [1.54, 1.807) is 24.3 Å². The standard InChI is InChI=1S/C16H18BrNO3/c1-21-16-9-14(17)11(8-15(16)20)7-12(18)6-10-2-4-13(19)5-3-10/h2-5,8-9,12,19-20H,6-7,18H2,1H3. The summed E-state index contributed by atoms with van der Waals surface area (Å²) in [5.41, 5.74) is 8.16. The fraction of sp³-hybridized carbons (Fsp3) is 0.250. The molecule has 5 heteroatoms. The van der Waals surface area contributed by atoms with Gasteiger partial charge in [0.25, 0.3) is 0 Å². The summed E-state index contributed by atoms with van der Waals surface area (Å²) < 4.78 is 5.92. The average molecular weight is 352 g/mol. The molecule has 1 unspecified atom stereocenters. The van der Waals surface area contributed by atoms with E-state index in [0.29, 0.717) is 18.6 Å². The molecule has 4 N–H and O–H groups in total. The predicted octanol–water partition coefficient (Wildman–Crippen LogP) is 2.98. The second-order valence-electron chi connectivity index (χ2n) is 4.95. The predicted molar refractivity (Wildman–Crippen MR) is 85.8 cm³/mol. The van der Waals surface area contributed by atoms with Gasteiger partial charge in [-0.05, 0) is 48.2 Å². The Hall–Kier alpha value is -1.72. The van der Waals surface area contributed by atoms with E-state index >= 15 is 0 Å². The number of methoxy groups -OCH3 is 1. The quantitative estimate of drug-likeness (QED) is 0.773. The first-order valence-corrected chi connectivity index (χ1v) is 7.37. The first-order chi connectivity index (χ1) is 9.99. The van der Waals surface area contributed by atoms with Crippen LogP contribution in [0.5, 0.6) is 17.2 Å². The molecule has 1 atom stereocenters. The van der Waals surface area contributed by atoms with Gasteiger partial charge in [0, 0.05) is 10.5 Å². The van der Waals surface area contributed by atoms with Gasteiger partial charge in [0.05, 0.1) is 7.11 Å². The van der Waals surface area contributed by atoms with Gasteiger partial charge in [0.1, 0.15) is 5.75 Å². The van der Waals surface area contributed by atoms with E-state index in [2.05, 4.69) is 15.9 Å². The number of halogens is 1. The Bertz CT molecular complexity index is 614. The smallest absolute Gasteiger partial charge is 0.161 e. The minimum Gasteiger partial charge on any atom is -0.508 e. The number of phenols is 2. The Morgan fingerprint density at radius 3 is 2.43 bits per heavy atom. The van der Waals surface area contributed by atoms with Crippen LogP contribution in [0.2, 0.25) is 0 Å². The van der Waals surface area contributed by atoms with Gasteiger partial charge in [-0.3, -0.25) is 0 Å². The molecule has 2 rings (SSSR count). The zero-order valence-corrected chi connectivity index (χ0v) is 13.3. The number of phenolic OH excluding ortho intramolecular Hbond substituents is 2. The van der Waals surface area contributed by atoms with E-state index in [9.17, 15) is 10.2 Å².